The van der Waals surface area contributed by atoms with Crippen molar-refractivity contribution in [3.05, 3.63) is 53.2 Å². The molecule has 1 amide bonds. The molecule has 4 rings (SSSR count). The highest BCUT2D eigenvalue weighted by Gasteiger charge is 2.44. The lowest BCUT2D eigenvalue weighted by Crippen LogP contribution is -2.35. The second-order valence-electron chi connectivity index (χ2n) is 7.42. The van der Waals surface area contributed by atoms with Gasteiger partial charge < -0.3 is 10.1 Å². The maximum Gasteiger partial charge on any atom is 0.258 e. The number of fused-ring (bicyclic) bond motifs is 1. The van der Waals surface area contributed by atoms with Gasteiger partial charge in [-0.3, -0.25) is 4.79 Å². The third-order valence-corrected chi connectivity index (χ3v) is 5.29. The Morgan fingerprint density at radius 1 is 1.26 bits per heavy atom. The molecule has 2 heterocycles. The van der Waals surface area contributed by atoms with Crippen LogP contribution in [0.1, 0.15) is 29.7 Å². The van der Waals surface area contributed by atoms with E-state index in [1.807, 2.05) is 45.2 Å². The number of amides is 1. The lowest BCUT2D eigenvalue weighted by molar-refractivity contribution is -0.123. The zero-order valence-corrected chi connectivity index (χ0v) is 16.0. The second-order valence-corrected chi connectivity index (χ2v) is 7.42. The Hall–Kier alpha value is -2.89. The van der Waals surface area contributed by atoms with E-state index in [4.69, 9.17) is 4.74 Å². The largest absolute Gasteiger partial charge is 0.466 e. The van der Waals surface area contributed by atoms with E-state index < -0.39 is 0 Å². The molecule has 0 aliphatic heterocycles. The lowest BCUT2D eigenvalue weighted by atomic mass is 9.96. The van der Waals surface area contributed by atoms with Crippen molar-refractivity contribution in [1.29, 1.82) is 0 Å². The van der Waals surface area contributed by atoms with Gasteiger partial charge in [-0.25, -0.2) is 9.67 Å². The molecule has 1 aromatic carbocycles. The van der Waals surface area contributed by atoms with Crippen LogP contribution in [0.15, 0.2) is 36.4 Å². The maximum absolute atomic E-state index is 12.3. The normalized spacial score (nSPS) is 14.9. The smallest absolute Gasteiger partial charge is 0.258 e. The molecule has 1 fully saturated rings. The van der Waals surface area contributed by atoms with Crippen molar-refractivity contribution in [2.24, 2.45) is 7.05 Å². The van der Waals surface area contributed by atoms with Crippen molar-refractivity contribution in [1.82, 2.24) is 20.1 Å². The Balaban J connectivity index is 1.40. The average molecular weight is 364 g/mol. The number of carbonyl (C=O) groups excluding carboxylic acids is 1. The summed E-state index contributed by atoms with van der Waals surface area (Å²) in [5, 5.41) is 8.26. The third kappa shape index (κ3) is 3.39. The summed E-state index contributed by atoms with van der Waals surface area (Å²) < 4.78 is 7.42. The van der Waals surface area contributed by atoms with Crippen LogP contribution in [-0.4, -0.2) is 33.8 Å². The van der Waals surface area contributed by atoms with E-state index >= 15 is 0 Å². The van der Waals surface area contributed by atoms with Crippen molar-refractivity contribution in [3.63, 3.8) is 0 Å². The molecular weight excluding hydrogens is 340 g/mol. The number of pyridine rings is 1. The minimum atomic E-state index is -0.131. The van der Waals surface area contributed by atoms with E-state index in [9.17, 15) is 4.79 Å². The van der Waals surface area contributed by atoms with Gasteiger partial charge in [-0.2, -0.15) is 0 Å². The summed E-state index contributed by atoms with van der Waals surface area (Å²) in [5.41, 5.74) is 4.13. The molecule has 6 nitrogen and oxygen atoms in total. The Labute approximate surface area is 158 Å². The van der Waals surface area contributed by atoms with Crippen molar-refractivity contribution in [2.75, 3.05) is 13.2 Å². The number of hydrogen-bond donors (Lipinski definition) is 1. The number of rotatable bonds is 6. The molecule has 1 aliphatic rings. The highest BCUT2D eigenvalue weighted by Crippen LogP contribution is 2.47. The number of aryl methyl sites for hydroxylation is 3. The highest BCUT2D eigenvalue weighted by molar-refractivity contribution is 5.85. The summed E-state index contributed by atoms with van der Waals surface area (Å²) >= 11 is 0. The molecule has 0 spiro atoms. The van der Waals surface area contributed by atoms with Crippen LogP contribution < -0.4 is 10.1 Å². The molecule has 0 bridgehead atoms. The first-order valence-electron chi connectivity index (χ1n) is 9.24. The first-order chi connectivity index (χ1) is 13.0. The van der Waals surface area contributed by atoms with Gasteiger partial charge in [0.05, 0.1) is 5.39 Å². The Morgan fingerprint density at radius 2 is 2.00 bits per heavy atom. The molecule has 0 unspecified atom stereocenters. The van der Waals surface area contributed by atoms with Crippen LogP contribution in [-0.2, 0) is 17.3 Å². The minimum Gasteiger partial charge on any atom is -0.466 e. The summed E-state index contributed by atoms with van der Waals surface area (Å²) in [7, 11) is 1.83. The van der Waals surface area contributed by atoms with Gasteiger partial charge in [-0.05, 0) is 43.9 Å². The molecule has 3 aromatic rings. The quantitative estimate of drug-likeness (QED) is 0.730. The summed E-state index contributed by atoms with van der Waals surface area (Å²) in [5.74, 6) is 0.325. The van der Waals surface area contributed by atoms with Gasteiger partial charge in [-0.1, -0.05) is 30.3 Å². The molecular formula is C21H24N4O2. The van der Waals surface area contributed by atoms with Crippen LogP contribution in [0.5, 0.6) is 5.88 Å². The molecule has 0 radical (unpaired) electrons. The standard InChI is InChI=1S/C21H24N4O2/c1-14-11-15(2)23-19-18(14)20(24-25(19)3)27-12-17(26)22-13-21(9-10-21)16-7-5-4-6-8-16/h4-8,11H,9-10,12-13H2,1-3H3,(H,22,26). The van der Waals surface area contributed by atoms with E-state index in [0.717, 1.165) is 35.1 Å². The SMILES string of the molecule is Cc1cc(C)c2c(OCC(=O)NCC3(c4ccccc4)CC3)nn(C)c2n1. The lowest BCUT2D eigenvalue weighted by Gasteiger charge is -2.16. The fraction of sp³-hybridized carbons (Fsp3) is 0.381. The van der Waals surface area contributed by atoms with Crippen molar-refractivity contribution in [2.45, 2.75) is 32.1 Å². The number of carbonyl (C=O) groups is 1. The fourth-order valence-electron chi connectivity index (χ4n) is 3.61. The minimum absolute atomic E-state index is 0.0513. The third-order valence-electron chi connectivity index (χ3n) is 5.29. The topological polar surface area (TPSA) is 69.0 Å². The first kappa shape index (κ1) is 17.5. The van der Waals surface area contributed by atoms with Gasteiger partial charge >= 0.3 is 0 Å². The van der Waals surface area contributed by atoms with Crippen LogP contribution in [0.4, 0.5) is 0 Å². The van der Waals surface area contributed by atoms with E-state index in [1.54, 1.807) is 4.68 Å². The molecule has 1 saturated carbocycles. The van der Waals surface area contributed by atoms with Crippen molar-refractivity contribution in [3.8, 4) is 5.88 Å². The predicted octanol–water partition coefficient (Wildman–Crippen LogP) is 2.81. The zero-order valence-electron chi connectivity index (χ0n) is 16.0. The van der Waals surface area contributed by atoms with Crippen LogP contribution in [0.25, 0.3) is 11.0 Å². The van der Waals surface area contributed by atoms with Crippen LogP contribution in [0, 0.1) is 13.8 Å². The number of ether oxygens (including phenoxy) is 1. The van der Waals surface area contributed by atoms with E-state index in [2.05, 4.69) is 27.5 Å². The van der Waals surface area contributed by atoms with Crippen molar-refractivity contribution < 1.29 is 9.53 Å². The molecule has 0 saturated heterocycles. The summed E-state index contributed by atoms with van der Waals surface area (Å²) in [6, 6.07) is 12.4. The number of hydrogen-bond acceptors (Lipinski definition) is 4. The van der Waals surface area contributed by atoms with Gasteiger partial charge in [0.15, 0.2) is 12.3 Å². The Bertz CT molecular complexity index is 990. The average Bonchev–Trinajstić information content (AvgIpc) is 3.38. The maximum atomic E-state index is 12.3. The van der Waals surface area contributed by atoms with Crippen molar-refractivity contribution >= 4 is 16.9 Å². The number of benzene rings is 1. The molecule has 0 atom stereocenters. The van der Waals surface area contributed by atoms with Crippen LogP contribution in [0.2, 0.25) is 0 Å². The Kier molecular flexibility index (Phi) is 4.34. The number of aromatic nitrogens is 3. The van der Waals surface area contributed by atoms with E-state index in [0.29, 0.717) is 12.4 Å². The predicted molar refractivity (Wildman–Crippen MR) is 104 cm³/mol. The summed E-state index contributed by atoms with van der Waals surface area (Å²) in [6.07, 6.45) is 2.21. The monoisotopic (exact) mass is 364 g/mol. The molecule has 6 heteroatoms. The number of nitrogens with one attached hydrogen (secondary N) is 1. The first-order valence-corrected chi connectivity index (χ1v) is 9.24. The number of nitrogens with zero attached hydrogens (tertiary/aromatic N) is 3. The van der Waals surface area contributed by atoms with Gasteiger partial charge in [0.25, 0.3) is 5.91 Å². The van der Waals surface area contributed by atoms with Gasteiger partial charge in [-0.15, -0.1) is 5.10 Å². The fourth-order valence-corrected chi connectivity index (χ4v) is 3.61. The summed E-state index contributed by atoms with van der Waals surface area (Å²) in [4.78, 5) is 16.8. The van der Waals surface area contributed by atoms with Gasteiger partial charge in [0.2, 0.25) is 5.88 Å². The van der Waals surface area contributed by atoms with E-state index in [-0.39, 0.29) is 17.9 Å². The highest BCUT2D eigenvalue weighted by atomic mass is 16.5. The summed E-state index contributed by atoms with van der Waals surface area (Å²) in [6.45, 7) is 4.54. The van der Waals surface area contributed by atoms with Gasteiger partial charge in [0.1, 0.15) is 0 Å². The molecule has 27 heavy (non-hydrogen) atoms. The second kappa shape index (κ2) is 6.68. The molecule has 1 N–H and O–H groups in total. The molecule has 140 valence electrons. The van der Waals surface area contributed by atoms with E-state index in [1.165, 1.54) is 5.56 Å². The Morgan fingerprint density at radius 3 is 2.70 bits per heavy atom. The molecule has 1 aliphatic carbocycles. The molecule has 2 aromatic heterocycles. The van der Waals surface area contributed by atoms with Gasteiger partial charge in [0, 0.05) is 24.7 Å². The van der Waals surface area contributed by atoms with Crippen LogP contribution >= 0.6 is 0 Å². The van der Waals surface area contributed by atoms with Crippen LogP contribution in [0.3, 0.4) is 0 Å². The zero-order chi connectivity index (χ0) is 19.0.